The molecule has 182 valence electrons. The van der Waals surface area contributed by atoms with E-state index in [9.17, 15) is 9.59 Å². The van der Waals surface area contributed by atoms with Crippen LogP contribution in [0.5, 0.6) is 0 Å². The topological polar surface area (TPSA) is 79.5 Å². The molecule has 1 aromatic heterocycles. The van der Waals surface area contributed by atoms with E-state index in [1.807, 2.05) is 44.4 Å². The Morgan fingerprint density at radius 3 is 2.48 bits per heavy atom. The fourth-order valence-electron chi connectivity index (χ4n) is 4.16. The van der Waals surface area contributed by atoms with Gasteiger partial charge in [-0.25, -0.2) is 0 Å². The minimum Gasteiger partial charge on any atom is -0.408 e. The van der Waals surface area contributed by atoms with Crippen molar-refractivity contribution in [2.75, 3.05) is 26.4 Å². The second-order valence-electron chi connectivity index (χ2n) is 8.63. The van der Waals surface area contributed by atoms with E-state index < -0.39 is 6.04 Å². The van der Waals surface area contributed by atoms with Crippen LogP contribution in [-0.4, -0.2) is 70.7 Å². The first-order valence-corrected chi connectivity index (χ1v) is 12.5. The Labute approximate surface area is 207 Å². The molecule has 1 amide bonds. The van der Waals surface area contributed by atoms with E-state index in [0.717, 1.165) is 50.0 Å². The van der Waals surface area contributed by atoms with Gasteiger partial charge < -0.3 is 14.2 Å². The van der Waals surface area contributed by atoms with E-state index in [2.05, 4.69) is 15.1 Å². The van der Waals surface area contributed by atoms with Gasteiger partial charge >= 0.3 is 0 Å². The zero-order chi connectivity index (χ0) is 22.8. The lowest BCUT2D eigenvalue weighted by Crippen LogP contribution is -2.47. The number of ketones is 1. The smallest absolute Gasteiger partial charge is 0.286 e. The summed E-state index contributed by atoms with van der Waals surface area (Å²) in [6.45, 7) is 0.872. The third kappa shape index (κ3) is 8.43. The van der Waals surface area contributed by atoms with Crippen LogP contribution >= 0.6 is 24.2 Å². The van der Waals surface area contributed by atoms with Gasteiger partial charge in [0.25, 0.3) is 11.1 Å². The molecule has 1 atom stereocenters. The van der Waals surface area contributed by atoms with Crippen molar-refractivity contribution in [3.05, 3.63) is 41.8 Å². The van der Waals surface area contributed by atoms with E-state index in [4.69, 9.17) is 4.42 Å². The average Bonchev–Trinajstić information content (AvgIpc) is 3.10. The van der Waals surface area contributed by atoms with Crippen LogP contribution in [0.4, 0.5) is 0 Å². The standard InChI is InChI=1S/C24H34N4O3S.ClH/c1-27(2)16-17-32-24-26-25-23(31-24)22(30)21(15-14-19-10-6-5-7-11-19)28(18-29)20-12-8-3-4-9-13-20;/h5-7,10-11,18,20-21H,3-4,8-9,12-17H2,1-2H3;1H. The van der Waals surface area contributed by atoms with Crippen molar-refractivity contribution in [1.82, 2.24) is 20.0 Å². The Bertz CT molecular complexity index is 841. The van der Waals surface area contributed by atoms with Crippen LogP contribution in [0.2, 0.25) is 0 Å². The summed E-state index contributed by atoms with van der Waals surface area (Å²) in [7, 11) is 4.00. The van der Waals surface area contributed by atoms with E-state index in [-0.39, 0.29) is 30.1 Å². The average molecular weight is 495 g/mol. The molecule has 1 aliphatic carbocycles. The molecule has 1 aliphatic rings. The number of aromatic nitrogens is 2. The number of Topliss-reactive ketones (excluding diaryl/α,β-unsaturated/α-hetero) is 1. The molecule has 7 nitrogen and oxygen atoms in total. The van der Waals surface area contributed by atoms with Gasteiger partial charge in [0.05, 0.1) is 0 Å². The molecule has 2 aromatic rings. The summed E-state index contributed by atoms with van der Waals surface area (Å²) in [6, 6.07) is 9.53. The molecular weight excluding hydrogens is 460 g/mol. The summed E-state index contributed by atoms with van der Waals surface area (Å²) in [5.74, 6) is 0.531. The van der Waals surface area contributed by atoms with E-state index in [1.54, 1.807) is 4.90 Å². The molecule has 1 aromatic carbocycles. The van der Waals surface area contributed by atoms with Crippen molar-refractivity contribution < 1.29 is 14.0 Å². The molecule has 0 saturated heterocycles. The number of benzene rings is 1. The number of halogens is 1. The molecule has 33 heavy (non-hydrogen) atoms. The number of amides is 1. The Balaban J connectivity index is 0.00000385. The van der Waals surface area contributed by atoms with Crippen LogP contribution in [0.25, 0.3) is 0 Å². The maximum absolute atomic E-state index is 13.5. The highest BCUT2D eigenvalue weighted by Crippen LogP contribution is 2.26. The number of nitrogens with zero attached hydrogens (tertiary/aromatic N) is 4. The van der Waals surface area contributed by atoms with Gasteiger partial charge in [-0.2, -0.15) is 0 Å². The Morgan fingerprint density at radius 2 is 1.85 bits per heavy atom. The molecule has 1 saturated carbocycles. The molecule has 3 rings (SSSR count). The van der Waals surface area contributed by atoms with Crippen LogP contribution in [0, 0.1) is 0 Å². The third-order valence-corrected chi connectivity index (χ3v) is 6.76. The summed E-state index contributed by atoms with van der Waals surface area (Å²) in [5, 5.41) is 8.47. The SMILES string of the molecule is CN(C)CCSc1nnc(C(=O)C(CCc2ccccc2)N(C=O)C2CCCCCC2)o1.Cl. The van der Waals surface area contributed by atoms with Crippen molar-refractivity contribution in [1.29, 1.82) is 0 Å². The summed E-state index contributed by atoms with van der Waals surface area (Å²) in [6.07, 6.45) is 8.49. The predicted octanol–water partition coefficient (Wildman–Crippen LogP) is 4.51. The highest BCUT2D eigenvalue weighted by Gasteiger charge is 2.34. The first-order valence-electron chi connectivity index (χ1n) is 11.5. The van der Waals surface area contributed by atoms with Crippen LogP contribution in [0.1, 0.15) is 61.2 Å². The monoisotopic (exact) mass is 494 g/mol. The predicted molar refractivity (Wildman–Crippen MR) is 133 cm³/mol. The molecule has 9 heteroatoms. The van der Waals surface area contributed by atoms with Gasteiger partial charge in [0.2, 0.25) is 12.2 Å². The van der Waals surface area contributed by atoms with Gasteiger partial charge in [-0.05, 0) is 45.3 Å². The Hall–Kier alpha value is -1.90. The first kappa shape index (κ1) is 27.3. The van der Waals surface area contributed by atoms with Crippen LogP contribution < -0.4 is 0 Å². The largest absolute Gasteiger partial charge is 0.408 e. The highest BCUT2D eigenvalue weighted by atomic mass is 35.5. The van der Waals surface area contributed by atoms with Crippen LogP contribution in [0.3, 0.4) is 0 Å². The quantitative estimate of drug-likeness (QED) is 0.186. The van der Waals surface area contributed by atoms with Crippen molar-refractivity contribution in [2.45, 2.75) is 68.7 Å². The lowest BCUT2D eigenvalue weighted by Gasteiger charge is -2.33. The second kappa shape index (κ2) is 14.4. The second-order valence-corrected chi connectivity index (χ2v) is 9.67. The number of hydrogen-bond acceptors (Lipinski definition) is 7. The molecule has 0 radical (unpaired) electrons. The van der Waals surface area contributed by atoms with Gasteiger partial charge in [-0.15, -0.1) is 22.6 Å². The van der Waals surface area contributed by atoms with E-state index in [1.165, 1.54) is 24.6 Å². The number of carbonyl (C=O) groups excluding carboxylic acids is 2. The minimum atomic E-state index is -0.601. The number of hydrogen-bond donors (Lipinski definition) is 0. The van der Waals surface area contributed by atoms with Gasteiger partial charge in [0.15, 0.2) is 0 Å². The van der Waals surface area contributed by atoms with Crippen molar-refractivity contribution in [3.63, 3.8) is 0 Å². The number of carbonyl (C=O) groups is 2. The zero-order valence-corrected chi connectivity index (χ0v) is 21.2. The molecule has 1 unspecified atom stereocenters. The van der Waals surface area contributed by atoms with Gasteiger partial charge in [-0.3, -0.25) is 9.59 Å². The maximum atomic E-state index is 13.5. The minimum absolute atomic E-state index is 0. The molecular formula is C24H35ClN4O3S. The van der Waals surface area contributed by atoms with Crippen molar-refractivity contribution in [2.24, 2.45) is 0 Å². The number of rotatable bonds is 12. The molecule has 0 bridgehead atoms. The van der Waals surface area contributed by atoms with E-state index >= 15 is 0 Å². The van der Waals surface area contributed by atoms with Crippen molar-refractivity contribution in [3.8, 4) is 0 Å². The highest BCUT2D eigenvalue weighted by molar-refractivity contribution is 7.99. The first-order chi connectivity index (χ1) is 15.6. The lowest BCUT2D eigenvalue weighted by molar-refractivity contribution is -0.122. The molecule has 1 fully saturated rings. The van der Waals surface area contributed by atoms with Gasteiger partial charge in [-0.1, -0.05) is 67.8 Å². The fraction of sp³-hybridized carbons (Fsp3) is 0.583. The molecule has 0 aliphatic heterocycles. The summed E-state index contributed by atoms with van der Waals surface area (Å²) in [5.41, 5.74) is 1.14. The Morgan fingerprint density at radius 1 is 1.15 bits per heavy atom. The Kier molecular flexibility index (Phi) is 11.9. The third-order valence-electron chi connectivity index (χ3n) is 5.96. The molecule has 0 N–H and O–H groups in total. The normalized spacial score (nSPS) is 15.5. The fourth-order valence-corrected chi connectivity index (χ4v) is 5.03. The van der Waals surface area contributed by atoms with Gasteiger partial charge in [0, 0.05) is 18.3 Å². The van der Waals surface area contributed by atoms with Crippen LogP contribution in [-0.2, 0) is 11.2 Å². The van der Waals surface area contributed by atoms with Crippen LogP contribution in [0.15, 0.2) is 40.0 Å². The lowest BCUT2D eigenvalue weighted by atomic mass is 9.97. The number of thioether (sulfide) groups is 1. The van der Waals surface area contributed by atoms with Crippen molar-refractivity contribution >= 4 is 36.4 Å². The summed E-state index contributed by atoms with van der Waals surface area (Å²) < 4.78 is 5.70. The maximum Gasteiger partial charge on any atom is 0.286 e. The van der Waals surface area contributed by atoms with Gasteiger partial charge in [0.1, 0.15) is 6.04 Å². The zero-order valence-electron chi connectivity index (χ0n) is 19.5. The van der Waals surface area contributed by atoms with E-state index in [0.29, 0.717) is 18.1 Å². The number of aryl methyl sites for hydroxylation is 1. The summed E-state index contributed by atoms with van der Waals surface area (Å²) in [4.78, 5) is 29.5. The molecule has 0 spiro atoms. The molecule has 1 heterocycles. The summed E-state index contributed by atoms with van der Waals surface area (Å²) >= 11 is 1.44.